The molecule has 1 aromatic rings. The van der Waals surface area contributed by atoms with Crippen LogP contribution in [0, 0.1) is 5.92 Å². The Bertz CT molecular complexity index is 455. The standard InChI is InChI=1S/C16H23NO3/c1-12(18)15-5-3-4-6-16(15)20-8-7-17(2)11-13-9-14(19)10-13/h3-6,13-14,19H,7-11H2,1-2H3. The second kappa shape index (κ2) is 6.86. The molecule has 1 aliphatic carbocycles. The smallest absolute Gasteiger partial charge is 0.163 e. The average Bonchev–Trinajstić information content (AvgIpc) is 2.37. The van der Waals surface area contributed by atoms with Crippen LogP contribution in [0.25, 0.3) is 0 Å². The highest BCUT2D eigenvalue weighted by Gasteiger charge is 2.27. The first-order valence-corrected chi connectivity index (χ1v) is 7.15. The van der Waals surface area contributed by atoms with Crippen LogP contribution in [0.4, 0.5) is 0 Å². The van der Waals surface area contributed by atoms with Gasteiger partial charge in [0.1, 0.15) is 12.4 Å². The van der Waals surface area contributed by atoms with Crippen molar-refractivity contribution in [3.8, 4) is 5.75 Å². The third-order valence-electron chi connectivity index (χ3n) is 3.78. The Hall–Kier alpha value is -1.39. The Morgan fingerprint density at radius 1 is 1.40 bits per heavy atom. The van der Waals surface area contributed by atoms with Crippen molar-refractivity contribution in [3.63, 3.8) is 0 Å². The van der Waals surface area contributed by atoms with Crippen LogP contribution < -0.4 is 4.74 Å². The van der Waals surface area contributed by atoms with Gasteiger partial charge in [0, 0.05) is 13.1 Å². The van der Waals surface area contributed by atoms with E-state index < -0.39 is 0 Å². The van der Waals surface area contributed by atoms with E-state index >= 15 is 0 Å². The van der Waals surface area contributed by atoms with Crippen LogP contribution in [0.15, 0.2) is 24.3 Å². The van der Waals surface area contributed by atoms with E-state index in [1.54, 1.807) is 13.0 Å². The lowest BCUT2D eigenvalue weighted by atomic mass is 9.82. The van der Waals surface area contributed by atoms with Gasteiger partial charge in [-0.3, -0.25) is 4.79 Å². The number of hydrogen-bond donors (Lipinski definition) is 1. The summed E-state index contributed by atoms with van der Waals surface area (Å²) >= 11 is 0. The molecule has 0 aromatic heterocycles. The van der Waals surface area contributed by atoms with Gasteiger partial charge < -0.3 is 14.7 Å². The van der Waals surface area contributed by atoms with Gasteiger partial charge in [0.2, 0.25) is 0 Å². The van der Waals surface area contributed by atoms with Crippen LogP contribution in [0.2, 0.25) is 0 Å². The summed E-state index contributed by atoms with van der Waals surface area (Å²) in [4.78, 5) is 13.7. The van der Waals surface area contributed by atoms with Crippen LogP contribution in [0.5, 0.6) is 5.75 Å². The van der Waals surface area contributed by atoms with Crippen LogP contribution >= 0.6 is 0 Å². The van der Waals surface area contributed by atoms with Gasteiger partial charge in [0.05, 0.1) is 11.7 Å². The molecule has 1 saturated carbocycles. The molecule has 0 amide bonds. The first-order chi connectivity index (χ1) is 9.56. The maximum Gasteiger partial charge on any atom is 0.163 e. The number of aliphatic hydroxyl groups excluding tert-OH is 1. The van der Waals surface area contributed by atoms with Crippen molar-refractivity contribution in [1.82, 2.24) is 4.90 Å². The fraction of sp³-hybridized carbons (Fsp3) is 0.562. The topological polar surface area (TPSA) is 49.8 Å². The normalized spacial score (nSPS) is 21.6. The number of carbonyl (C=O) groups excluding carboxylic acids is 1. The van der Waals surface area contributed by atoms with Gasteiger partial charge in [-0.2, -0.15) is 0 Å². The number of nitrogens with zero attached hydrogens (tertiary/aromatic N) is 1. The maximum absolute atomic E-state index is 11.5. The fourth-order valence-corrected chi connectivity index (χ4v) is 2.58. The van der Waals surface area contributed by atoms with Crippen LogP contribution in [0.1, 0.15) is 30.1 Å². The van der Waals surface area contributed by atoms with E-state index in [1.807, 2.05) is 18.2 Å². The number of aliphatic hydroxyl groups is 1. The summed E-state index contributed by atoms with van der Waals surface area (Å²) < 4.78 is 5.71. The molecular formula is C16H23NO3. The summed E-state index contributed by atoms with van der Waals surface area (Å²) in [6, 6.07) is 7.34. The molecule has 1 aromatic carbocycles. The number of Topliss-reactive ketones (excluding diaryl/α,β-unsaturated/α-hetero) is 1. The third kappa shape index (κ3) is 4.05. The second-order valence-electron chi connectivity index (χ2n) is 5.65. The second-order valence-corrected chi connectivity index (χ2v) is 5.65. The van der Waals surface area contributed by atoms with Crippen molar-refractivity contribution in [2.75, 3.05) is 26.7 Å². The Morgan fingerprint density at radius 2 is 2.10 bits per heavy atom. The Morgan fingerprint density at radius 3 is 2.75 bits per heavy atom. The van der Waals surface area contributed by atoms with Crippen molar-refractivity contribution in [3.05, 3.63) is 29.8 Å². The van der Waals surface area contributed by atoms with Gasteiger partial charge in [0.15, 0.2) is 5.78 Å². The Balaban J connectivity index is 1.74. The lowest BCUT2D eigenvalue weighted by Gasteiger charge is -2.34. The molecule has 4 heteroatoms. The quantitative estimate of drug-likeness (QED) is 0.774. The Kier molecular flexibility index (Phi) is 5.15. The summed E-state index contributed by atoms with van der Waals surface area (Å²) in [5.41, 5.74) is 0.636. The predicted octanol–water partition coefficient (Wildman–Crippen LogP) is 1.97. The van der Waals surface area contributed by atoms with E-state index in [4.69, 9.17) is 4.74 Å². The van der Waals surface area contributed by atoms with E-state index in [0.717, 1.165) is 25.9 Å². The lowest BCUT2D eigenvalue weighted by Crippen LogP contribution is -2.38. The first kappa shape index (κ1) is 15.0. The number of para-hydroxylation sites is 1. The first-order valence-electron chi connectivity index (χ1n) is 7.15. The Labute approximate surface area is 120 Å². The van der Waals surface area contributed by atoms with E-state index in [9.17, 15) is 9.90 Å². The van der Waals surface area contributed by atoms with E-state index in [0.29, 0.717) is 23.8 Å². The van der Waals surface area contributed by atoms with Crippen LogP contribution in [0.3, 0.4) is 0 Å². The molecule has 0 heterocycles. The van der Waals surface area contributed by atoms with Gasteiger partial charge in [-0.15, -0.1) is 0 Å². The van der Waals surface area contributed by atoms with Crippen molar-refractivity contribution in [1.29, 1.82) is 0 Å². The van der Waals surface area contributed by atoms with Crippen molar-refractivity contribution >= 4 is 5.78 Å². The SMILES string of the molecule is CC(=O)c1ccccc1OCCN(C)CC1CC(O)C1. The molecule has 0 saturated heterocycles. The minimum atomic E-state index is -0.0907. The van der Waals surface area contributed by atoms with Crippen molar-refractivity contribution in [2.45, 2.75) is 25.9 Å². The molecule has 4 nitrogen and oxygen atoms in total. The number of rotatable bonds is 7. The molecule has 1 N–H and O–H groups in total. The number of hydrogen-bond acceptors (Lipinski definition) is 4. The molecule has 0 radical (unpaired) electrons. The van der Waals surface area contributed by atoms with Gasteiger partial charge in [-0.05, 0) is 44.9 Å². The lowest BCUT2D eigenvalue weighted by molar-refractivity contribution is 0.0269. The number of benzene rings is 1. The average molecular weight is 277 g/mol. The summed E-state index contributed by atoms with van der Waals surface area (Å²) in [7, 11) is 2.06. The van der Waals surface area contributed by atoms with Crippen LogP contribution in [-0.2, 0) is 0 Å². The van der Waals surface area contributed by atoms with Gasteiger partial charge in [0.25, 0.3) is 0 Å². The van der Waals surface area contributed by atoms with Crippen molar-refractivity contribution < 1.29 is 14.6 Å². The number of likely N-dealkylation sites (N-methyl/N-ethyl adjacent to an activating group) is 1. The minimum absolute atomic E-state index is 0.0254. The molecule has 1 fully saturated rings. The molecule has 0 unspecified atom stereocenters. The van der Waals surface area contributed by atoms with E-state index in [-0.39, 0.29) is 11.9 Å². The third-order valence-corrected chi connectivity index (χ3v) is 3.78. The monoisotopic (exact) mass is 277 g/mol. The summed E-state index contributed by atoms with van der Waals surface area (Å²) in [5.74, 6) is 1.30. The highest BCUT2D eigenvalue weighted by atomic mass is 16.5. The predicted molar refractivity (Wildman–Crippen MR) is 78.2 cm³/mol. The molecule has 0 spiro atoms. The zero-order valence-electron chi connectivity index (χ0n) is 12.2. The minimum Gasteiger partial charge on any atom is -0.491 e. The summed E-state index contributed by atoms with van der Waals surface area (Å²) in [5, 5.41) is 9.26. The molecular weight excluding hydrogens is 254 g/mol. The highest BCUT2D eigenvalue weighted by molar-refractivity contribution is 5.96. The van der Waals surface area contributed by atoms with Gasteiger partial charge in [-0.1, -0.05) is 12.1 Å². The zero-order chi connectivity index (χ0) is 14.5. The summed E-state index contributed by atoms with van der Waals surface area (Å²) in [6.45, 7) is 3.93. The van der Waals surface area contributed by atoms with E-state index in [1.165, 1.54) is 0 Å². The highest BCUT2D eigenvalue weighted by Crippen LogP contribution is 2.27. The largest absolute Gasteiger partial charge is 0.491 e. The number of ether oxygens (including phenoxy) is 1. The van der Waals surface area contributed by atoms with E-state index in [2.05, 4.69) is 11.9 Å². The maximum atomic E-state index is 11.5. The molecule has 20 heavy (non-hydrogen) atoms. The molecule has 0 atom stereocenters. The molecule has 0 aliphatic heterocycles. The van der Waals surface area contributed by atoms with Gasteiger partial charge >= 0.3 is 0 Å². The van der Waals surface area contributed by atoms with Gasteiger partial charge in [-0.25, -0.2) is 0 Å². The molecule has 2 rings (SSSR count). The van der Waals surface area contributed by atoms with Crippen LogP contribution in [-0.4, -0.2) is 48.6 Å². The fourth-order valence-electron chi connectivity index (χ4n) is 2.58. The molecule has 110 valence electrons. The number of ketones is 1. The molecule has 1 aliphatic rings. The van der Waals surface area contributed by atoms with Crippen molar-refractivity contribution in [2.24, 2.45) is 5.92 Å². The molecule has 0 bridgehead atoms. The zero-order valence-corrected chi connectivity index (χ0v) is 12.2. The number of carbonyl (C=O) groups is 1. The summed E-state index contributed by atoms with van der Waals surface area (Å²) in [6.07, 6.45) is 1.74.